The lowest BCUT2D eigenvalue weighted by Gasteiger charge is -2.27. The summed E-state index contributed by atoms with van der Waals surface area (Å²) in [7, 11) is 0. The van der Waals surface area contributed by atoms with Crippen LogP contribution in [0.2, 0.25) is 0 Å². The van der Waals surface area contributed by atoms with Gasteiger partial charge in [-0.15, -0.1) is 0 Å². The monoisotopic (exact) mass is 260 g/mol. The molecule has 2 rings (SSSR count). The van der Waals surface area contributed by atoms with Gasteiger partial charge in [-0.1, -0.05) is 31.2 Å². The van der Waals surface area contributed by atoms with Crippen molar-refractivity contribution in [2.24, 2.45) is 5.92 Å². The van der Waals surface area contributed by atoms with Crippen LogP contribution in [-0.2, 0) is 11.2 Å². The number of rotatable bonds is 3. The second kappa shape index (κ2) is 4.75. The molecule has 1 aromatic rings. The number of hydrogen-bond acceptors (Lipinski definition) is 2. The molecule has 1 saturated heterocycles. The molecule has 1 unspecified atom stereocenters. The van der Waals surface area contributed by atoms with Crippen molar-refractivity contribution in [1.82, 2.24) is 0 Å². The zero-order valence-electron chi connectivity index (χ0n) is 12.6. The molecule has 0 saturated carbocycles. The van der Waals surface area contributed by atoms with Gasteiger partial charge in [-0.3, -0.25) is 4.79 Å². The van der Waals surface area contributed by atoms with E-state index in [0.29, 0.717) is 0 Å². The number of ketones is 1. The Labute approximate surface area is 116 Å². The van der Waals surface area contributed by atoms with Crippen LogP contribution < -0.4 is 0 Å². The molecule has 1 fully saturated rings. The van der Waals surface area contributed by atoms with Crippen LogP contribution in [0.4, 0.5) is 0 Å². The third kappa shape index (κ3) is 2.74. The Bertz CT molecular complexity index is 486. The summed E-state index contributed by atoms with van der Waals surface area (Å²) in [5, 5.41) is 0. The van der Waals surface area contributed by atoms with Crippen molar-refractivity contribution in [2.45, 2.75) is 58.7 Å². The van der Waals surface area contributed by atoms with Crippen LogP contribution in [0, 0.1) is 5.92 Å². The zero-order chi connectivity index (χ0) is 14.3. The number of Topliss-reactive ketones (excluding diaryl/α,β-unsaturated/α-hetero) is 1. The van der Waals surface area contributed by atoms with Crippen LogP contribution >= 0.6 is 0 Å². The van der Waals surface area contributed by atoms with Gasteiger partial charge in [0.1, 0.15) is 0 Å². The van der Waals surface area contributed by atoms with Crippen LogP contribution in [0.5, 0.6) is 0 Å². The van der Waals surface area contributed by atoms with Crippen LogP contribution in [0.15, 0.2) is 24.3 Å². The molecule has 1 heterocycles. The third-order valence-corrected chi connectivity index (χ3v) is 4.05. The normalized spacial score (nSPS) is 24.4. The van der Waals surface area contributed by atoms with Crippen molar-refractivity contribution in [3.05, 3.63) is 35.4 Å². The average Bonchev–Trinajstić information content (AvgIpc) is 2.56. The lowest BCUT2D eigenvalue weighted by atomic mass is 9.80. The van der Waals surface area contributed by atoms with Gasteiger partial charge in [-0.2, -0.15) is 0 Å². The predicted octanol–water partition coefficient (Wildman–Crippen LogP) is 4.03. The topological polar surface area (TPSA) is 26.3 Å². The fourth-order valence-electron chi connectivity index (χ4n) is 3.23. The summed E-state index contributed by atoms with van der Waals surface area (Å²) in [4.78, 5) is 12.9. The fourth-order valence-corrected chi connectivity index (χ4v) is 3.23. The molecular formula is C17H24O2. The molecule has 2 nitrogen and oxygen atoms in total. The average molecular weight is 260 g/mol. The molecule has 0 aliphatic carbocycles. The van der Waals surface area contributed by atoms with Crippen molar-refractivity contribution in [1.29, 1.82) is 0 Å². The third-order valence-electron chi connectivity index (χ3n) is 4.05. The summed E-state index contributed by atoms with van der Waals surface area (Å²) in [5.41, 5.74) is 1.39. The van der Waals surface area contributed by atoms with Gasteiger partial charge in [0.2, 0.25) is 0 Å². The Kier molecular flexibility index (Phi) is 3.57. The van der Waals surface area contributed by atoms with Crippen molar-refractivity contribution in [3.8, 4) is 0 Å². The van der Waals surface area contributed by atoms with E-state index in [-0.39, 0.29) is 22.9 Å². The van der Waals surface area contributed by atoms with Crippen LogP contribution in [0.3, 0.4) is 0 Å². The van der Waals surface area contributed by atoms with Crippen LogP contribution in [-0.4, -0.2) is 17.0 Å². The predicted molar refractivity (Wildman–Crippen MR) is 77.5 cm³/mol. The molecule has 0 N–H and O–H groups in total. The molecular weight excluding hydrogens is 236 g/mol. The Balaban J connectivity index is 2.34. The maximum Gasteiger partial charge on any atom is 0.169 e. The van der Waals surface area contributed by atoms with Gasteiger partial charge < -0.3 is 4.74 Å². The maximum atomic E-state index is 12.9. The highest BCUT2D eigenvalue weighted by Crippen LogP contribution is 2.43. The van der Waals surface area contributed by atoms with E-state index >= 15 is 0 Å². The van der Waals surface area contributed by atoms with E-state index < -0.39 is 0 Å². The lowest BCUT2D eigenvalue weighted by Crippen LogP contribution is -2.34. The van der Waals surface area contributed by atoms with Gasteiger partial charge in [-0.25, -0.2) is 0 Å². The minimum Gasteiger partial charge on any atom is -0.369 e. The summed E-state index contributed by atoms with van der Waals surface area (Å²) >= 11 is 0. The zero-order valence-corrected chi connectivity index (χ0v) is 12.6. The van der Waals surface area contributed by atoms with Gasteiger partial charge in [0, 0.05) is 5.56 Å². The number of hydrogen-bond donors (Lipinski definition) is 0. The van der Waals surface area contributed by atoms with Crippen LogP contribution in [0.1, 0.15) is 57.0 Å². The molecule has 1 aromatic carbocycles. The first-order valence-corrected chi connectivity index (χ1v) is 7.09. The number of carbonyl (C=O) groups is 1. The van der Waals surface area contributed by atoms with E-state index in [4.69, 9.17) is 4.74 Å². The van der Waals surface area contributed by atoms with Crippen molar-refractivity contribution < 1.29 is 9.53 Å². The highest BCUT2D eigenvalue weighted by Gasteiger charge is 2.49. The minimum absolute atomic E-state index is 0.0600. The molecule has 2 heteroatoms. The molecule has 1 aliphatic heterocycles. The smallest absolute Gasteiger partial charge is 0.169 e. The largest absolute Gasteiger partial charge is 0.369 e. The minimum atomic E-state index is -0.387. The fraction of sp³-hybridized carbons (Fsp3) is 0.588. The van der Waals surface area contributed by atoms with Gasteiger partial charge in [0.25, 0.3) is 0 Å². The molecule has 0 bridgehead atoms. The first-order valence-electron chi connectivity index (χ1n) is 7.09. The Morgan fingerprint density at radius 1 is 1.26 bits per heavy atom. The summed E-state index contributed by atoms with van der Waals surface area (Å²) < 4.78 is 6.04. The molecule has 1 aliphatic rings. The summed E-state index contributed by atoms with van der Waals surface area (Å²) in [6, 6.07) is 7.93. The van der Waals surface area contributed by atoms with E-state index in [1.165, 1.54) is 0 Å². The van der Waals surface area contributed by atoms with E-state index in [9.17, 15) is 4.79 Å². The SMILES string of the molecule is CCc1ccccc1C(=O)C1CC(C)(C)OC1(C)C. The first kappa shape index (κ1) is 14.3. The van der Waals surface area contributed by atoms with Crippen LogP contribution in [0.25, 0.3) is 0 Å². The van der Waals surface area contributed by atoms with E-state index in [0.717, 1.165) is 24.0 Å². The summed E-state index contributed by atoms with van der Waals surface area (Å²) in [5.74, 6) is 0.170. The number of benzene rings is 1. The quantitative estimate of drug-likeness (QED) is 0.767. The molecule has 19 heavy (non-hydrogen) atoms. The second-order valence-electron chi connectivity index (χ2n) is 6.60. The van der Waals surface area contributed by atoms with E-state index in [1.807, 2.05) is 38.1 Å². The number of carbonyl (C=O) groups excluding carboxylic acids is 1. The maximum absolute atomic E-state index is 12.9. The molecule has 1 atom stereocenters. The standard InChI is InChI=1S/C17H24O2/c1-6-12-9-7-8-10-13(12)15(18)14-11-16(2,3)19-17(14,4)5/h7-10,14H,6,11H2,1-5H3. The van der Waals surface area contributed by atoms with Crippen molar-refractivity contribution >= 4 is 5.78 Å². The summed E-state index contributed by atoms with van der Waals surface area (Å²) in [6.45, 7) is 10.3. The lowest BCUT2D eigenvalue weighted by molar-refractivity contribution is -0.0712. The van der Waals surface area contributed by atoms with Gasteiger partial charge in [0.05, 0.1) is 17.1 Å². The molecule has 0 amide bonds. The highest BCUT2D eigenvalue weighted by atomic mass is 16.5. The molecule has 0 aromatic heterocycles. The Hall–Kier alpha value is -1.15. The Morgan fingerprint density at radius 2 is 1.89 bits per heavy atom. The van der Waals surface area contributed by atoms with E-state index in [2.05, 4.69) is 20.8 Å². The number of ether oxygens (including phenoxy) is 1. The molecule has 0 spiro atoms. The van der Waals surface area contributed by atoms with Gasteiger partial charge in [0.15, 0.2) is 5.78 Å². The molecule has 104 valence electrons. The van der Waals surface area contributed by atoms with Crippen molar-refractivity contribution in [3.63, 3.8) is 0 Å². The van der Waals surface area contributed by atoms with Gasteiger partial charge >= 0.3 is 0 Å². The second-order valence-corrected chi connectivity index (χ2v) is 6.60. The molecule has 0 radical (unpaired) electrons. The van der Waals surface area contributed by atoms with E-state index in [1.54, 1.807) is 0 Å². The highest BCUT2D eigenvalue weighted by molar-refractivity contribution is 6.00. The Morgan fingerprint density at radius 3 is 2.42 bits per heavy atom. The first-order chi connectivity index (χ1) is 8.77. The van der Waals surface area contributed by atoms with Crippen molar-refractivity contribution in [2.75, 3.05) is 0 Å². The van der Waals surface area contributed by atoms with Gasteiger partial charge in [-0.05, 0) is 46.1 Å². The summed E-state index contributed by atoms with van der Waals surface area (Å²) in [6.07, 6.45) is 1.68. The number of aryl methyl sites for hydroxylation is 1.